The van der Waals surface area contributed by atoms with Crippen molar-refractivity contribution >= 4 is 23.2 Å². The molecule has 0 saturated carbocycles. The average molecular weight is 355 g/mol. The molecule has 2 amide bonds. The SMILES string of the molecule is CN(C)CC(=O)Nc1cccc(NC(=O)c2ccc3c(c2)OCCO3)c1. The minimum absolute atomic E-state index is 0.120. The smallest absolute Gasteiger partial charge is 0.255 e. The highest BCUT2D eigenvalue weighted by molar-refractivity contribution is 6.05. The highest BCUT2D eigenvalue weighted by atomic mass is 16.6. The van der Waals surface area contributed by atoms with Crippen LogP contribution in [0.5, 0.6) is 11.5 Å². The Hall–Kier alpha value is -3.06. The zero-order valence-corrected chi connectivity index (χ0v) is 14.7. The average Bonchev–Trinajstić information content (AvgIpc) is 2.60. The fourth-order valence-electron chi connectivity index (χ4n) is 2.55. The summed E-state index contributed by atoms with van der Waals surface area (Å²) in [6.45, 7) is 1.26. The molecule has 0 saturated heterocycles. The molecule has 2 aromatic carbocycles. The van der Waals surface area contributed by atoms with Crippen LogP contribution in [0.2, 0.25) is 0 Å². The van der Waals surface area contributed by atoms with Crippen molar-refractivity contribution in [2.45, 2.75) is 0 Å². The molecular weight excluding hydrogens is 334 g/mol. The van der Waals surface area contributed by atoms with E-state index in [1.54, 1.807) is 47.4 Å². The number of nitrogens with one attached hydrogen (secondary N) is 2. The van der Waals surface area contributed by atoms with E-state index in [1.165, 1.54) is 0 Å². The second-order valence-corrected chi connectivity index (χ2v) is 6.18. The Kier molecular flexibility index (Phi) is 5.38. The third-order valence-electron chi connectivity index (χ3n) is 3.67. The van der Waals surface area contributed by atoms with Gasteiger partial charge >= 0.3 is 0 Å². The molecule has 0 fully saturated rings. The number of nitrogens with zero attached hydrogens (tertiary/aromatic N) is 1. The van der Waals surface area contributed by atoms with Gasteiger partial charge in [0.1, 0.15) is 13.2 Å². The Morgan fingerprint density at radius 2 is 1.65 bits per heavy atom. The minimum Gasteiger partial charge on any atom is -0.486 e. The van der Waals surface area contributed by atoms with Gasteiger partial charge in [0.2, 0.25) is 5.91 Å². The summed E-state index contributed by atoms with van der Waals surface area (Å²) in [4.78, 5) is 26.1. The number of rotatable bonds is 5. The number of hydrogen-bond acceptors (Lipinski definition) is 5. The van der Waals surface area contributed by atoms with E-state index >= 15 is 0 Å². The Labute approximate surface area is 151 Å². The number of anilines is 2. The largest absolute Gasteiger partial charge is 0.486 e. The van der Waals surface area contributed by atoms with Gasteiger partial charge in [0.25, 0.3) is 5.91 Å². The topological polar surface area (TPSA) is 79.9 Å². The number of amides is 2. The van der Waals surface area contributed by atoms with Crippen LogP contribution in [0.4, 0.5) is 11.4 Å². The maximum Gasteiger partial charge on any atom is 0.255 e. The van der Waals surface area contributed by atoms with Crippen molar-refractivity contribution in [3.05, 3.63) is 48.0 Å². The van der Waals surface area contributed by atoms with Crippen LogP contribution >= 0.6 is 0 Å². The molecule has 0 bridgehead atoms. The lowest BCUT2D eigenvalue weighted by atomic mass is 10.1. The van der Waals surface area contributed by atoms with Crippen molar-refractivity contribution in [3.63, 3.8) is 0 Å². The first-order valence-corrected chi connectivity index (χ1v) is 8.27. The number of ether oxygens (including phenoxy) is 2. The van der Waals surface area contributed by atoms with Crippen LogP contribution in [0.1, 0.15) is 10.4 Å². The molecule has 0 spiro atoms. The molecule has 2 aromatic rings. The standard InChI is InChI=1S/C19H21N3O4/c1-22(2)12-18(23)20-14-4-3-5-15(11-14)21-19(24)13-6-7-16-17(10-13)26-9-8-25-16/h3-7,10-11H,8-9,12H2,1-2H3,(H,20,23)(H,21,24). The summed E-state index contributed by atoms with van der Waals surface area (Å²) in [5.41, 5.74) is 1.68. The second-order valence-electron chi connectivity index (χ2n) is 6.18. The maximum absolute atomic E-state index is 12.5. The number of likely N-dealkylation sites (N-methyl/N-ethyl adjacent to an activating group) is 1. The summed E-state index contributed by atoms with van der Waals surface area (Å²) in [7, 11) is 3.65. The molecule has 0 aliphatic carbocycles. The molecular formula is C19H21N3O4. The van der Waals surface area contributed by atoms with Crippen LogP contribution in [0.3, 0.4) is 0 Å². The monoisotopic (exact) mass is 355 g/mol. The molecule has 0 radical (unpaired) electrons. The number of fused-ring (bicyclic) bond motifs is 1. The summed E-state index contributed by atoms with van der Waals surface area (Å²) in [5.74, 6) is 0.816. The van der Waals surface area contributed by atoms with Crippen LogP contribution in [-0.2, 0) is 4.79 Å². The lowest BCUT2D eigenvalue weighted by Gasteiger charge is -2.18. The van der Waals surface area contributed by atoms with Crippen LogP contribution in [-0.4, -0.2) is 50.6 Å². The molecule has 0 unspecified atom stereocenters. The summed E-state index contributed by atoms with van der Waals surface area (Å²) < 4.78 is 11.0. The van der Waals surface area contributed by atoms with Gasteiger partial charge in [-0.25, -0.2) is 0 Å². The van der Waals surface area contributed by atoms with Crippen molar-refractivity contribution in [2.24, 2.45) is 0 Å². The van der Waals surface area contributed by atoms with Gasteiger partial charge in [-0.3, -0.25) is 9.59 Å². The van der Waals surface area contributed by atoms with E-state index in [0.717, 1.165) is 0 Å². The minimum atomic E-state index is -0.265. The number of carbonyl (C=O) groups is 2. The van der Waals surface area contributed by atoms with Crippen LogP contribution in [0, 0.1) is 0 Å². The van der Waals surface area contributed by atoms with Gasteiger partial charge in [0.15, 0.2) is 11.5 Å². The molecule has 0 aromatic heterocycles. The molecule has 0 atom stereocenters. The molecule has 7 nitrogen and oxygen atoms in total. The summed E-state index contributed by atoms with van der Waals surface area (Å²) in [5, 5.41) is 5.62. The first kappa shape index (κ1) is 17.8. The number of hydrogen-bond donors (Lipinski definition) is 2. The van der Waals surface area contributed by atoms with Crippen molar-refractivity contribution in [1.29, 1.82) is 0 Å². The molecule has 1 heterocycles. The Bertz CT molecular complexity index is 820. The van der Waals surface area contributed by atoms with Crippen molar-refractivity contribution in [3.8, 4) is 11.5 Å². The zero-order valence-electron chi connectivity index (χ0n) is 14.7. The second kappa shape index (κ2) is 7.88. The van der Waals surface area contributed by atoms with Crippen molar-refractivity contribution in [2.75, 3.05) is 44.5 Å². The van der Waals surface area contributed by atoms with E-state index in [0.29, 0.717) is 41.7 Å². The predicted molar refractivity (Wildman–Crippen MR) is 99.0 cm³/mol. The van der Waals surface area contributed by atoms with Gasteiger partial charge in [-0.1, -0.05) is 6.07 Å². The normalized spacial score (nSPS) is 12.6. The van der Waals surface area contributed by atoms with Crippen molar-refractivity contribution < 1.29 is 19.1 Å². The Morgan fingerprint density at radius 1 is 0.962 bits per heavy atom. The lowest BCUT2D eigenvalue weighted by molar-refractivity contribution is -0.116. The molecule has 7 heteroatoms. The van der Waals surface area contributed by atoms with Crippen LogP contribution in [0.15, 0.2) is 42.5 Å². The molecule has 136 valence electrons. The molecule has 26 heavy (non-hydrogen) atoms. The van der Waals surface area contributed by atoms with Gasteiger partial charge in [-0.15, -0.1) is 0 Å². The summed E-state index contributed by atoms with van der Waals surface area (Å²) in [6.07, 6.45) is 0. The van der Waals surface area contributed by atoms with E-state index in [2.05, 4.69) is 10.6 Å². The van der Waals surface area contributed by atoms with Gasteiger partial charge in [-0.05, 0) is 50.5 Å². The molecule has 1 aliphatic heterocycles. The quantitative estimate of drug-likeness (QED) is 0.860. The van der Waals surface area contributed by atoms with E-state index in [9.17, 15) is 9.59 Å². The lowest BCUT2D eigenvalue weighted by Crippen LogP contribution is -2.27. The van der Waals surface area contributed by atoms with Crippen molar-refractivity contribution in [1.82, 2.24) is 4.90 Å². The van der Waals surface area contributed by atoms with E-state index in [1.807, 2.05) is 14.1 Å². The zero-order chi connectivity index (χ0) is 18.5. The molecule has 3 rings (SSSR count). The number of benzene rings is 2. The van der Waals surface area contributed by atoms with Gasteiger partial charge < -0.3 is 25.0 Å². The fourth-order valence-corrected chi connectivity index (χ4v) is 2.55. The van der Waals surface area contributed by atoms with Gasteiger partial charge in [-0.2, -0.15) is 0 Å². The third kappa shape index (κ3) is 4.52. The first-order chi connectivity index (χ1) is 12.5. The van der Waals surface area contributed by atoms with Gasteiger partial charge in [0, 0.05) is 16.9 Å². The van der Waals surface area contributed by atoms with E-state index in [-0.39, 0.29) is 18.4 Å². The van der Waals surface area contributed by atoms with E-state index in [4.69, 9.17) is 9.47 Å². The third-order valence-corrected chi connectivity index (χ3v) is 3.67. The fraction of sp³-hybridized carbons (Fsp3) is 0.263. The van der Waals surface area contributed by atoms with E-state index < -0.39 is 0 Å². The van der Waals surface area contributed by atoms with Crippen LogP contribution in [0.25, 0.3) is 0 Å². The summed E-state index contributed by atoms with van der Waals surface area (Å²) >= 11 is 0. The highest BCUT2D eigenvalue weighted by Gasteiger charge is 2.15. The number of carbonyl (C=O) groups excluding carboxylic acids is 2. The van der Waals surface area contributed by atoms with Gasteiger partial charge in [0.05, 0.1) is 6.54 Å². The Morgan fingerprint density at radius 3 is 2.38 bits per heavy atom. The molecule has 1 aliphatic rings. The first-order valence-electron chi connectivity index (χ1n) is 8.27. The summed E-state index contributed by atoms with van der Waals surface area (Å²) in [6, 6.07) is 12.1. The maximum atomic E-state index is 12.5. The Balaban J connectivity index is 1.68. The predicted octanol–water partition coefficient (Wildman–Crippen LogP) is 2.21. The van der Waals surface area contributed by atoms with Crippen LogP contribution < -0.4 is 20.1 Å². The highest BCUT2D eigenvalue weighted by Crippen LogP contribution is 2.31. The molecule has 2 N–H and O–H groups in total.